The summed E-state index contributed by atoms with van der Waals surface area (Å²) in [6.07, 6.45) is 1.57. The molecule has 6 heteroatoms. The van der Waals surface area contributed by atoms with Crippen molar-refractivity contribution in [2.45, 2.75) is 36.7 Å². The first-order valence-corrected chi connectivity index (χ1v) is 12.5. The summed E-state index contributed by atoms with van der Waals surface area (Å²) in [4.78, 5) is 2.62. The Morgan fingerprint density at radius 2 is 1.62 bits per heavy atom. The Labute approximate surface area is 189 Å². The summed E-state index contributed by atoms with van der Waals surface area (Å²) in [5.74, 6) is -0.0191. The highest BCUT2D eigenvalue weighted by Crippen LogP contribution is 2.42. The molecular weight excluding hydrogens is 423 g/mol. The van der Waals surface area contributed by atoms with E-state index in [0.717, 1.165) is 29.8 Å². The van der Waals surface area contributed by atoms with Gasteiger partial charge in [-0.2, -0.15) is 4.31 Å². The van der Waals surface area contributed by atoms with Gasteiger partial charge in [0, 0.05) is 24.8 Å². The molecule has 32 heavy (non-hydrogen) atoms. The van der Waals surface area contributed by atoms with Crippen molar-refractivity contribution in [3.05, 3.63) is 95.8 Å². The van der Waals surface area contributed by atoms with Gasteiger partial charge in [0.1, 0.15) is 5.82 Å². The molecule has 0 unspecified atom stereocenters. The summed E-state index contributed by atoms with van der Waals surface area (Å²) in [6, 6.07) is 23.6. The van der Waals surface area contributed by atoms with E-state index in [1.165, 1.54) is 12.1 Å². The van der Waals surface area contributed by atoms with E-state index in [2.05, 4.69) is 17.0 Å². The third-order valence-corrected chi connectivity index (χ3v) is 8.74. The molecule has 0 aliphatic carbocycles. The van der Waals surface area contributed by atoms with E-state index >= 15 is 0 Å². The molecule has 0 saturated carbocycles. The van der Waals surface area contributed by atoms with E-state index in [1.54, 1.807) is 28.6 Å². The number of rotatable bonds is 5. The van der Waals surface area contributed by atoms with Crippen LogP contribution < -0.4 is 4.90 Å². The lowest BCUT2D eigenvalue weighted by atomic mass is 9.95. The van der Waals surface area contributed by atoms with Gasteiger partial charge in [-0.1, -0.05) is 48.0 Å². The van der Waals surface area contributed by atoms with E-state index in [9.17, 15) is 12.8 Å². The maximum Gasteiger partial charge on any atom is 0.243 e. The number of hydrogen-bond donors (Lipinski definition) is 0. The number of benzene rings is 3. The zero-order chi connectivity index (χ0) is 22.3. The summed E-state index contributed by atoms with van der Waals surface area (Å²) >= 11 is 0. The maximum absolute atomic E-state index is 13.7. The summed E-state index contributed by atoms with van der Waals surface area (Å²) < 4.78 is 42.7. The van der Waals surface area contributed by atoms with Crippen LogP contribution in [0.2, 0.25) is 0 Å². The highest BCUT2D eigenvalue weighted by atomic mass is 32.2. The van der Waals surface area contributed by atoms with Crippen LogP contribution in [0.25, 0.3) is 0 Å². The van der Waals surface area contributed by atoms with Gasteiger partial charge in [0.2, 0.25) is 10.0 Å². The van der Waals surface area contributed by atoms with Crippen LogP contribution in [0.4, 0.5) is 10.1 Å². The first kappa shape index (κ1) is 21.2. The molecule has 0 spiro atoms. The molecule has 2 fully saturated rings. The highest BCUT2D eigenvalue weighted by Gasteiger charge is 2.52. The molecule has 0 bridgehead atoms. The van der Waals surface area contributed by atoms with Gasteiger partial charge in [-0.3, -0.25) is 0 Å². The van der Waals surface area contributed by atoms with Crippen molar-refractivity contribution in [1.82, 2.24) is 4.31 Å². The second kappa shape index (κ2) is 8.34. The summed E-state index contributed by atoms with van der Waals surface area (Å²) in [6.45, 7) is 3.32. The van der Waals surface area contributed by atoms with E-state index in [1.807, 2.05) is 37.3 Å². The molecule has 0 aromatic heterocycles. The van der Waals surface area contributed by atoms with E-state index in [4.69, 9.17) is 0 Å². The van der Waals surface area contributed by atoms with Crippen LogP contribution in [0.5, 0.6) is 0 Å². The van der Waals surface area contributed by atoms with Crippen molar-refractivity contribution in [2.24, 2.45) is 5.92 Å². The van der Waals surface area contributed by atoms with Crippen molar-refractivity contribution in [3.63, 3.8) is 0 Å². The van der Waals surface area contributed by atoms with Crippen LogP contribution in [-0.4, -0.2) is 37.9 Å². The lowest BCUT2D eigenvalue weighted by Gasteiger charge is -2.34. The molecule has 2 aliphatic heterocycles. The van der Waals surface area contributed by atoms with Crippen molar-refractivity contribution in [3.8, 4) is 0 Å². The molecule has 0 N–H and O–H groups in total. The van der Waals surface area contributed by atoms with Crippen LogP contribution in [-0.2, 0) is 16.4 Å². The van der Waals surface area contributed by atoms with Gasteiger partial charge in [-0.25, -0.2) is 12.8 Å². The second-order valence-corrected chi connectivity index (χ2v) is 10.7. The number of sulfonamides is 1. The van der Waals surface area contributed by atoms with Crippen LogP contribution in [0.3, 0.4) is 0 Å². The number of aryl methyl sites for hydroxylation is 1. The average molecular weight is 451 g/mol. The van der Waals surface area contributed by atoms with Crippen molar-refractivity contribution >= 4 is 15.7 Å². The van der Waals surface area contributed by atoms with E-state index < -0.39 is 10.0 Å². The molecule has 5 rings (SSSR count). The fourth-order valence-electron chi connectivity index (χ4n) is 5.27. The second-order valence-electron chi connectivity index (χ2n) is 8.85. The average Bonchev–Trinajstić information content (AvgIpc) is 3.36. The standard InChI is InChI=1S/C26H27FN2O2S/c1-19-7-13-24(14-8-19)32(30,31)29-18-21-15-16-28(23-11-9-22(27)10-12-23)26(21)25(29)17-20-5-3-2-4-6-20/h2-14,21,25-26H,15-18H2,1H3/t21-,25+,26-/m1/s1. The Morgan fingerprint density at radius 1 is 0.938 bits per heavy atom. The van der Waals surface area contributed by atoms with Gasteiger partial charge in [-0.05, 0) is 67.6 Å². The molecule has 2 aliphatic rings. The topological polar surface area (TPSA) is 40.6 Å². The predicted molar refractivity (Wildman–Crippen MR) is 125 cm³/mol. The Bertz CT molecular complexity index is 1180. The molecular formula is C26H27FN2O2S. The first-order valence-electron chi connectivity index (χ1n) is 11.1. The van der Waals surface area contributed by atoms with Gasteiger partial charge in [-0.15, -0.1) is 0 Å². The van der Waals surface area contributed by atoms with Crippen LogP contribution >= 0.6 is 0 Å². The molecule has 0 amide bonds. The largest absolute Gasteiger partial charge is 0.367 e. The zero-order valence-electron chi connectivity index (χ0n) is 18.1. The third-order valence-electron chi connectivity index (χ3n) is 6.84. The Hall–Kier alpha value is -2.70. The molecule has 3 atom stereocenters. The van der Waals surface area contributed by atoms with Gasteiger partial charge < -0.3 is 4.90 Å². The lowest BCUT2D eigenvalue weighted by Crippen LogP contribution is -2.47. The first-order chi connectivity index (χ1) is 15.4. The van der Waals surface area contributed by atoms with Crippen LogP contribution in [0.15, 0.2) is 83.8 Å². The van der Waals surface area contributed by atoms with Gasteiger partial charge in [0.25, 0.3) is 0 Å². The fourth-order valence-corrected chi connectivity index (χ4v) is 6.97. The zero-order valence-corrected chi connectivity index (χ0v) is 18.9. The molecule has 0 radical (unpaired) electrons. The molecule has 2 saturated heterocycles. The number of halogens is 1. The Balaban J connectivity index is 1.54. The Morgan fingerprint density at radius 3 is 2.31 bits per heavy atom. The predicted octanol–water partition coefficient (Wildman–Crippen LogP) is 4.64. The molecule has 3 aromatic rings. The van der Waals surface area contributed by atoms with Crippen molar-refractivity contribution in [1.29, 1.82) is 0 Å². The summed E-state index contributed by atoms with van der Waals surface area (Å²) in [7, 11) is -3.63. The van der Waals surface area contributed by atoms with E-state index in [0.29, 0.717) is 17.9 Å². The molecule has 3 aromatic carbocycles. The van der Waals surface area contributed by atoms with Gasteiger partial charge >= 0.3 is 0 Å². The lowest BCUT2D eigenvalue weighted by molar-refractivity contribution is 0.362. The van der Waals surface area contributed by atoms with Gasteiger partial charge in [0.15, 0.2) is 0 Å². The minimum absolute atomic E-state index is 0.0564. The molecule has 4 nitrogen and oxygen atoms in total. The highest BCUT2D eigenvalue weighted by molar-refractivity contribution is 7.89. The number of nitrogens with zero attached hydrogens (tertiary/aromatic N) is 2. The smallest absolute Gasteiger partial charge is 0.243 e. The number of fused-ring (bicyclic) bond motifs is 1. The summed E-state index contributed by atoms with van der Waals surface area (Å²) in [5, 5.41) is 0. The van der Waals surface area contributed by atoms with Crippen LogP contribution in [0, 0.1) is 18.7 Å². The molecule has 2 heterocycles. The maximum atomic E-state index is 13.7. The number of anilines is 1. The third kappa shape index (κ3) is 3.82. The minimum Gasteiger partial charge on any atom is -0.367 e. The van der Waals surface area contributed by atoms with E-state index in [-0.39, 0.29) is 23.8 Å². The molecule has 166 valence electrons. The monoisotopic (exact) mass is 450 g/mol. The van der Waals surface area contributed by atoms with Gasteiger partial charge in [0.05, 0.1) is 10.9 Å². The summed E-state index contributed by atoms with van der Waals surface area (Å²) in [5.41, 5.74) is 3.10. The quantitative estimate of drug-likeness (QED) is 0.568. The number of hydrogen-bond acceptors (Lipinski definition) is 3. The Kier molecular flexibility index (Phi) is 5.51. The fraction of sp³-hybridized carbons (Fsp3) is 0.308. The van der Waals surface area contributed by atoms with Crippen LogP contribution in [0.1, 0.15) is 17.5 Å². The SMILES string of the molecule is Cc1ccc(S(=O)(=O)N2C[C@H]3CCN(c4ccc(F)cc4)[C@H]3[C@@H]2Cc2ccccc2)cc1. The van der Waals surface area contributed by atoms with Crippen molar-refractivity contribution < 1.29 is 12.8 Å². The minimum atomic E-state index is -3.63. The normalized spacial score (nSPS) is 23.4. The van der Waals surface area contributed by atoms with Crippen molar-refractivity contribution in [2.75, 3.05) is 18.0 Å².